The van der Waals surface area contributed by atoms with Crippen molar-refractivity contribution < 1.29 is 4.74 Å². The summed E-state index contributed by atoms with van der Waals surface area (Å²) in [6, 6.07) is 6.72. The first-order valence-electron chi connectivity index (χ1n) is 7.77. The molecule has 2 aliphatic rings. The summed E-state index contributed by atoms with van der Waals surface area (Å²) in [6.07, 6.45) is 2.51. The average molecular weight is 299 g/mol. The molecule has 1 aliphatic carbocycles. The second kappa shape index (κ2) is 4.78. The van der Waals surface area contributed by atoms with Crippen LogP contribution in [-0.4, -0.2) is 38.8 Å². The van der Waals surface area contributed by atoms with E-state index in [4.69, 9.17) is 4.74 Å². The van der Waals surface area contributed by atoms with Gasteiger partial charge in [-0.3, -0.25) is 4.90 Å². The minimum atomic E-state index is 0.215. The van der Waals surface area contributed by atoms with Crippen LogP contribution in [0, 0.1) is 0 Å². The standard InChI is InChI=1S/C16H21N5O/c1-11(15-17-18-19-20(15)2)21-9-12-4-5-13(22-3)8-14(12)16(10-21)6-7-16/h4-5,8,11H,6-7,9-10H2,1-3H3. The van der Waals surface area contributed by atoms with Gasteiger partial charge in [0.2, 0.25) is 0 Å². The highest BCUT2D eigenvalue weighted by atomic mass is 16.5. The van der Waals surface area contributed by atoms with Crippen LogP contribution in [0.3, 0.4) is 0 Å². The van der Waals surface area contributed by atoms with Crippen molar-refractivity contribution in [2.45, 2.75) is 37.8 Å². The van der Waals surface area contributed by atoms with Crippen LogP contribution in [0.4, 0.5) is 0 Å². The first kappa shape index (κ1) is 13.7. The zero-order valence-corrected chi connectivity index (χ0v) is 13.3. The molecule has 6 nitrogen and oxygen atoms in total. The van der Waals surface area contributed by atoms with Crippen molar-refractivity contribution in [2.75, 3.05) is 13.7 Å². The van der Waals surface area contributed by atoms with E-state index < -0.39 is 0 Å². The van der Waals surface area contributed by atoms with Crippen molar-refractivity contribution in [3.8, 4) is 5.75 Å². The minimum Gasteiger partial charge on any atom is -0.497 e. The fourth-order valence-electron chi connectivity index (χ4n) is 3.67. The van der Waals surface area contributed by atoms with Gasteiger partial charge >= 0.3 is 0 Å². The summed E-state index contributed by atoms with van der Waals surface area (Å²) >= 11 is 0. The van der Waals surface area contributed by atoms with E-state index in [2.05, 4.69) is 45.5 Å². The Morgan fingerprint density at radius 2 is 2.14 bits per heavy atom. The summed E-state index contributed by atoms with van der Waals surface area (Å²) in [5, 5.41) is 11.9. The third-order valence-electron chi connectivity index (χ3n) is 5.20. The van der Waals surface area contributed by atoms with Crippen LogP contribution in [0.15, 0.2) is 18.2 Å². The topological polar surface area (TPSA) is 56.1 Å². The molecule has 2 heterocycles. The Labute approximate surface area is 130 Å². The van der Waals surface area contributed by atoms with Gasteiger partial charge in [-0.25, -0.2) is 4.68 Å². The van der Waals surface area contributed by atoms with Crippen molar-refractivity contribution in [3.63, 3.8) is 0 Å². The van der Waals surface area contributed by atoms with E-state index in [1.165, 1.54) is 24.0 Å². The minimum absolute atomic E-state index is 0.215. The lowest BCUT2D eigenvalue weighted by Gasteiger charge is -2.38. The molecule has 0 bridgehead atoms. The maximum atomic E-state index is 5.41. The smallest absolute Gasteiger partial charge is 0.167 e. The van der Waals surface area contributed by atoms with Gasteiger partial charge < -0.3 is 4.74 Å². The summed E-state index contributed by atoms with van der Waals surface area (Å²) in [5.74, 6) is 1.89. The second-order valence-corrected chi connectivity index (χ2v) is 6.55. The lowest BCUT2D eigenvalue weighted by Crippen LogP contribution is -2.40. The Hall–Kier alpha value is -1.95. The van der Waals surface area contributed by atoms with Crippen molar-refractivity contribution >= 4 is 0 Å². The molecule has 0 saturated heterocycles. The molecule has 4 rings (SSSR count). The van der Waals surface area contributed by atoms with Gasteiger partial charge in [0.15, 0.2) is 5.82 Å². The Kier molecular flexibility index (Phi) is 2.97. The number of nitrogens with zero attached hydrogens (tertiary/aromatic N) is 5. The summed E-state index contributed by atoms with van der Waals surface area (Å²) in [7, 11) is 3.64. The van der Waals surface area contributed by atoms with Crippen LogP contribution in [-0.2, 0) is 19.0 Å². The van der Waals surface area contributed by atoms with Crippen LogP contribution in [0.25, 0.3) is 0 Å². The zero-order valence-electron chi connectivity index (χ0n) is 13.3. The number of tetrazole rings is 1. The number of rotatable bonds is 3. The fraction of sp³-hybridized carbons (Fsp3) is 0.562. The molecule has 116 valence electrons. The molecule has 1 spiro atoms. The maximum absolute atomic E-state index is 5.41. The second-order valence-electron chi connectivity index (χ2n) is 6.55. The predicted octanol–water partition coefficient (Wildman–Crippen LogP) is 1.83. The van der Waals surface area contributed by atoms with Gasteiger partial charge in [-0.05, 0) is 53.5 Å². The van der Waals surface area contributed by atoms with Crippen molar-refractivity contribution in [1.82, 2.24) is 25.1 Å². The molecule has 1 unspecified atom stereocenters. The normalized spacial score (nSPS) is 20.7. The molecular formula is C16H21N5O. The number of hydrogen-bond acceptors (Lipinski definition) is 5. The molecule has 0 amide bonds. The highest BCUT2D eigenvalue weighted by molar-refractivity contribution is 5.45. The van der Waals surface area contributed by atoms with E-state index in [1.807, 2.05) is 7.05 Å². The molecule has 1 fully saturated rings. The highest BCUT2D eigenvalue weighted by Gasteiger charge is 2.50. The number of hydrogen-bond donors (Lipinski definition) is 0. The van der Waals surface area contributed by atoms with Crippen LogP contribution in [0.5, 0.6) is 5.75 Å². The zero-order chi connectivity index (χ0) is 15.3. The van der Waals surface area contributed by atoms with Crippen LogP contribution in [0.1, 0.15) is 42.8 Å². The molecule has 1 saturated carbocycles. The summed E-state index contributed by atoms with van der Waals surface area (Å²) < 4.78 is 7.18. The largest absolute Gasteiger partial charge is 0.497 e. The van der Waals surface area contributed by atoms with E-state index in [0.29, 0.717) is 5.41 Å². The number of fused-ring (bicyclic) bond motifs is 2. The quantitative estimate of drug-likeness (QED) is 0.865. The lowest BCUT2D eigenvalue weighted by molar-refractivity contribution is 0.157. The van der Waals surface area contributed by atoms with Gasteiger partial charge in [0.1, 0.15) is 5.75 Å². The maximum Gasteiger partial charge on any atom is 0.167 e. The van der Waals surface area contributed by atoms with Crippen LogP contribution in [0.2, 0.25) is 0 Å². The molecule has 0 radical (unpaired) electrons. The first-order valence-corrected chi connectivity index (χ1v) is 7.77. The van der Waals surface area contributed by atoms with Gasteiger partial charge in [0, 0.05) is 25.6 Å². The van der Waals surface area contributed by atoms with Gasteiger partial charge in [-0.15, -0.1) is 5.10 Å². The third-order valence-corrected chi connectivity index (χ3v) is 5.20. The molecule has 22 heavy (non-hydrogen) atoms. The predicted molar refractivity (Wildman–Crippen MR) is 81.5 cm³/mol. The molecule has 1 aromatic carbocycles. The van der Waals surface area contributed by atoms with E-state index >= 15 is 0 Å². The highest BCUT2D eigenvalue weighted by Crippen LogP contribution is 2.54. The van der Waals surface area contributed by atoms with E-state index in [1.54, 1.807) is 11.8 Å². The van der Waals surface area contributed by atoms with Crippen LogP contribution < -0.4 is 4.74 Å². The van der Waals surface area contributed by atoms with E-state index in [9.17, 15) is 0 Å². The third kappa shape index (κ3) is 2.01. The van der Waals surface area contributed by atoms with Gasteiger partial charge in [-0.1, -0.05) is 6.07 Å². The Bertz CT molecular complexity index is 706. The van der Waals surface area contributed by atoms with Crippen molar-refractivity contribution in [1.29, 1.82) is 0 Å². The Balaban J connectivity index is 1.67. The molecule has 2 aromatic rings. The molecular weight excluding hydrogens is 278 g/mol. The number of ether oxygens (including phenoxy) is 1. The Morgan fingerprint density at radius 1 is 1.32 bits per heavy atom. The number of benzene rings is 1. The SMILES string of the molecule is COc1ccc2c(c1)C1(CC1)CN(C(C)c1nnnn1C)C2. The average Bonchev–Trinajstić information content (AvgIpc) is 3.17. The van der Waals surface area contributed by atoms with Crippen molar-refractivity contribution in [3.05, 3.63) is 35.2 Å². The monoisotopic (exact) mass is 299 g/mol. The summed E-state index contributed by atoms with van der Waals surface area (Å²) in [6.45, 7) is 4.20. The summed E-state index contributed by atoms with van der Waals surface area (Å²) in [5.41, 5.74) is 3.19. The van der Waals surface area contributed by atoms with Crippen LogP contribution >= 0.6 is 0 Å². The van der Waals surface area contributed by atoms with Gasteiger partial charge in [0.25, 0.3) is 0 Å². The van der Waals surface area contributed by atoms with Gasteiger partial charge in [-0.2, -0.15) is 0 Å². The summed E-state index contributed by atoms with van der Waals surface area (Å²) in [4.78, 5) is 2.49. The molecule has 1 atom stereocenters. The number of aromatic nitrogens is 4. The number of methoxy groups -OCH3 is 1. The fourth-order valence-corrected chi connectivity index (χ4v) is 3.67. The lowest BCUT2D eigenvalue weighted by atomic mass is 9.86. The van der Waals surface area contributed by atoms with Crippen molar-refractivity contribution in [2.24, 2.45) is 7.05 Å². The van der Waals surface area contributed by atoms with Gasteiger partial charge in [0.05, 0.1) is 13.2 Å². The number of aryl methyl sites for hydroxylation is 1. The molecule has 6 heteroatoms. The van der Waals surface area contributed by atoms with E-state index in [0.717, 1.165) is 24.7 Å². The first-order chi connectivity index (χ1) is 10.6. The molecule has 1 aliphatic heterocycles. The van der Waals surface area contributed by atoms with E-state index in [-0.39, 0.29) is 6.04 Å². The Morgan fingerprint density at radius 3 is 2.77 bits per heavy atom. The molecule has 1 aromatic heterocycles. The molecule has 0 N–H and O–H groups in total.